The Balaban J connectivity index is 2.33. The Labute approximate surface area is 173 Å². The van der Waals surface area contributed by atoms with Crippen molar-refractivity contribution in [3.05, 3.63) is 32.6 Å². The summed E-state index contributed by atoms with van der Waals surface area (Å²) in [6.45, 7) is 5.77. The van der Waals surface area contributed by atoms with E-state index in [-0.39, 0.29) is 24.8 Å². The lowest BCUT2D eigenvalue weighted by Gasteiger charge is -2.38. The molecule has 0 radical (unpaired) electrons. The zero-order chi connectivity index (χ0) is 23.1. The van der Waals surface area contributed by atoms with Crippen LogP contribution in [-0.4, -0.2) is 59.0 Å². The molecule has 0 bridgehead atoms. The van der Waals surface area contributed by atoms with E-state index in [1.54, 1.807) is 13.8 Å². The van der Waals surface area contributed by atoms with Crippen LogP contribution in [0.15, 0.2) is 15.8 Å². The summed E-state index contributed by atoms with van der Waals surface area (Å²) in [5, 5.41) is 29.0. The van der Waals surface area contributed by atoms with Crippen molar-refractivity contribution >= 4 is 7.60 Å². The number of nitrogens with zero attached hydrogens (tertiary/aromatic N) is 1. The van der Waals surface area contributed by atoms with Crippen molar-refractivity contribution < 1.29 is 34.0 Å². The molecule has 5 N–H and O–H groups in total. The standard InChI is InChI=1S/C18H31N2O9P/c1-6-18(7-2,29-30(26,27)17(3,4)25)8-11-12(21)13(22)14(28-11)10-9-19-16(24)20(5)15(10)23/h9,11-14,21-22,25H,6-8H2,1-5H3,(H,19,24)(H,26,27)/t11-,12-,13-,14+/m1/s1. The molecular formula is C18H31N2O9P. The highest BCUT2D eigenvalue weighted by molar-refractivity contribution is 7.54. The van der Waals surface area contributed by atoms with Crippen molar-refractivity contribution in [2.75, 3.05) is 0 Å². The van der Waals surface area contributed by atoms with Gasteiger partial charge < -0.3 is 29.9 Å². The molecule has 0 aromatic carbocycles. The summed E-state index contributed by atoms with van der Waals surface area (Å²) in [6.07, 6.45) is -3.52. The van der Waals surface area contributed by atoms with Gasteiger partial charge in [-0.2, -0.15) is 0 Å². The van der Waals surface area contributed by atoms with Crippen LogP contribution in [0, 0.1) is 0 Å². The smallest absolute Gasteiger partial charge is 0.359 e. The van der Waals surface area contributed by atoms with E-state index >= 15 is 0 Å². The summed E-state index contributed by atoms with van der Waals surface area (Å²) in [4.78, 5) is 36.5. The van der Waals surface area contributed by atoms with E-state index in [0.29, 0.717) is 0 Å². The third kappa shape index (κ3) is 4.62. The molecule has 30 heavy (non-hydrogen) atoms. The quantitative estimate of drug-likeness (QED) is 0.345. The molecule has 1 aliphatic heterocycles. The van der Waals surface area contributed by atoms with Gasteiger partial charge in [-0.3, -0.25) is 18.5 Å². The maximum Gasteiger partial charge on any atom is 0.359 e. The van der Waals surface area contributed by atoms with Crippen LogP contribution in [0.3, 0.4) is 0 Å². The van der Waals surface area contributed by atoms with Gasteiger partial charge in [-0.15, -0.1) is 0 Å². The van der Waals surface area contributed by atoms with Gasteiger partial charge in [0.25, 0.3) is 5.56 Å². The van der Waals surface area contributed by atoms with Gasteiger partial charge in [0.15, 0.2) is 5.34 Å². The second-order valence-electron chi connectivity index (χ2n) is 8.19. The van der Waals surface area contributed by atoms with Crippen LogP contribution < -0.4 is 11.2 Å². The number of aliphatic hydroxyl groups is 3. The fourth-order valence-electron chi connectivity index (χ4n) is 3.41. The largest absolute Gasteiger partial charge is 0.388 e. The minimum atomic E-state index is -4.45. The summed E-state index contributed by atoms with van der Waals surface area (Å²) in [7, 11) is -3.19. The first-order chi connectivity index (χ1) is 13.7. The zero-order valence-electron chi connectivity index (χ0n) is 17.7. The van der Waals surface area contributed by atoms with Crippen LogP contribution in [0.1, 0.15) is 58.6 Å². The van der Waals surface area contributed by atoms with Gasteiger partial charge >= 0.3 is 13.3 Å². The topological polar surface area (TPSA) is 171 Å². The van der Waals surface area contributed by atoms with Crippen LogP contribution in [0.4, 0.5) is 0 Å². The van der Waals surface area contributed by atoms with E-state index < -0.39 is 54.2 Å². The highest BCUT2D eigenvalue weighted by Crippen LogP contribution is 2.58. The fourth-order valence-corrected chi connectivity index (χ4v) is 4.49. The third-order valence-electron chi connectivity index (χ3n) is 5.75. The molecule has 1 fully saturated rings. The molecule has 1 unspecified atom stereocenters. The Morgan fingerprint density at radius 1 is 1.23 bits per heavy atom. The molecule has 0 spiro atoms. The van der Waals surface area contributed by atoms with Crippen molar-refractivity contribution in [2.45, 2.75) is 82.3 Å². The van der Waals surface area contributed by atoms with Crippen LogP contribution >= 0.6 is 7.60 Å². The first-order valence-corrected chi connectivity index (χ1v) is 11.3. The Kier molecular flexibility index (Phi) is 7.20. The molecule has 1 aromatic rings. The predicted octanol–water partition coefficient (Wildman–Crippen LogP) is 0.115. The zero-order valence-corrected chi connectivity index (χ0v) is 18.6. The second kappa shape index (κ2) is 8.66. The number of H-pyrrole nitrogens is 1. The Morgan fingerprint density at radius 2 is 1.80 bits per heavy atom. The minimum Gasteiger partial charge on any atom is -0.388 e. The van der Waals surface area contributed by atoms with Crippen LogP contribution in [0.5, 0.6) is 0 Å². The Bertz CT molecular complexity index is 915. The number of hydrogen-bond donors (Lipinski definition) is 5. The average Bonchev–Trinajstić information content (AvgIpc) is 2.93. The van der Waals surface area contributed by atoms with Gasteiger partial charge in [-0.1, -0.05) is 13.8 Å². The molecule has 2 heterocycles. The third-order valence-corrected chi connectivity index (χ3v) is 7.76. The molecule has 1 aliphatic rings. The highest BCUT2D eigenvalue weighted by Gasteiger charge is 2.51. The van der Waals surface area contributed by atoms with Gasteiger partial charge in [0.2, 0.25) is 0 Å². The molecule has 11 nitrogen and oxygen atoms in total. The van der Waals surface area contributed by atoms with Crippen LogP contribution in [-0.2, 0) is 20.9 Å². The van der Waals surface area contributed by atoms with Crippen LogP contribution in [0.25, 0.3) is 0 Å². The monoisotopic (exact) mass is 450 g/mol. The van der Waals surface area contributed by atoms with Crippen molar-refractivity contribution in [3.63, 3.8) is 0 Å². The molecule has 0 aliphatic carbocycles. The molecule has 1 aromatic heterocycles. The highest BCUT2D eigenvalue weighted by atomic mass is 31.2. The van der Waals surface area contributed by atoms with E-state index in [4.69, 9.17) is 9.26 Å². The lowest BCUT2D eigenvalue weighted by molar-refractivity contribution is -0.0610. The van der Waals surface area contributed by atoms with E-state index in [2.05, 4.69) is 4.98 Å². The molecule has 0 amide bonds. The lowest BCUT2D eigenvalue weighted by atomic mass is 9.88. The lowest BCUT2D eigenvalue weighted by Crippen LogP contribution is -2.41. The van der Waals surface area contributed by atoms with E-state index in [1.165, 1.54) is 7.05 Å². The number of rotatable bonds is 8. The molecule has 1 saturated heterocycles. The Hall–Kier alpha value is -1.33. The summed E-state index contributed by atoms with van der Waals surface area (Å²) in [5.41, 5.74) is -2.58. The van der Waals surface area contributed by atoms with E-state index in [0.717, 1.165) is 24.6 Å². The number of aromatic amines is 1. The molecule has 2 rings (SSSR count). The number of hydrogen-bond acceptors (Lipinski definition) is 8. The molecule has 12 heteroatoms. The fraction of sp³-hybridized carbons (Fsp3) is 0.778. The summed E-state index contributed by atoms with van der Waals surface area (Å²) in [5.74, 6) is 0. The van der Waals surface area contributed by atoms with Crippen molar-refractivity contribution in [1.82, 2.24) is 9.55 Å². The Morgan fingerprint density at radius 3 is 2.30 bits per heavy atom. The number of ether oxygens (including phenoxy) is 1. The summed E-state index contributed by atoms with van der Waals surface area (Å²) < 4.78 is 24.6. The first-order valence-electron chi connectivity index (χ1n) is 9.76. The predicted molar refractivity (Wildman–Crippen MR) is 107 cm³/mol. The van der Waals surface area contributed by atoms with Gasteiger partial charge in [0.05, 0.1) is 17.3 Å². The van der Waals surface area contributed by atoms with Crippen molar-refractivity contribution in [3.8, 4) is 0 Å². The maximum absolute atomic E-state index is 12.5. The van der Waals surface area contributed by atoms with E-state index in [1.807, 2.05) is 0 Å². The van der Waals surface area contributed by atoms with Gasteiger partial charge in [-0.25, -0.2) is 4.79 Å². The second-order valence-corrected chi connectivity index (χ2v) is 10.5. The van der Waals surface area contributed by atoms with Crippen LogP contribution in [0.2, 0.25) is 0 Å². The molecule has 5 atom stereocenters. The van der Waals surface area contributed by atoms with Gasteiger partial charge in [0, 0.05) is 19.7 Å². The maximum atomic E-state index is 12.5. The first kappa shape index (κ1) is 24.9. The molecular weight excluding hydrogens is 419 g/mol. The normalized spacial score (nSPS) is 27.2. The molecule has 0 saturated carbocycles. The van der Waals surface area contributed by atoms with Gasteiger partial charge in [-0.05, 0) is 26.7 Å². The number of aliphatic hydroxyl groups excluding tert-OH is 2. The van der Waals surface area contributed by atoms with E-state index in [9.17, 15) is 34.4 Å². The number of nitrogens with one attached hydrogen (secondary N) is 1. The average molecular weight is 450 g/mol. The summed E-state index contributed by atoms with van der Waals surface area (Å²) >= 11 is 0. The van der Waals surface area contributed by atoms with Gasteiger partial charge in [0.1, 0.15) is 18.3 Å². The number of aromatic nitrogens is 2. The summed E-state index contributed by atoms with van der Waals surface area (Å²) in [6, 6.07) is 0. The van der Waals surface area contributed by atoms with Crippen molar-refractivity contribution in [1.29, 1.82) is 0 Å². The SMILES string of the molecule is CCC(CC)(C[C@H]1O[C@@H](c2c[nH]c(=O)n(C)c2=O)[C@H](O)[C@@H]1O)OP(=O)(O)C(C)(C)O. The molecule has 172 valence electrons. The van der Waals surface area contributed by atoms with Crippen molar-refractivity contribution in [2.24, 2.45) is 7.05 Å². The minimum absolute atomic E-state index is 0.0324.